The third-order valence-corrected chi connectivity index (χ3v) is 6.44. The Balaban J connectivity index is 1.76. The highest BCUT2D eigenvalue weighted by atomic mass is 16.5. The third kappa shape index (κ3) is 7.05. The van der Waals surface area contributed by atoms with Gasteiger partial charge in [-0.1, -0.05) is 59.2 Å². The highest BCUT2D eigenvalue weighted by Gasteiger charge is 2.40. The number of hydrogen-bond acceptors (Lipinski definition) is 7. The topological polar surface area (TPSA) is 149 Å². The minimum atomic E-state index is -1.20. The SMILES string of the molecule is CC(C)CC[C@@H](CN1C(=O)c2ccccc2C1=O)C(=O)N(O)C(=O)N[C@H](C(=O)Nc1ccccn1)C(C)(C)C. The van der Waals surface area contributed by atoms with Gasteiger partial charge in [-0.15, -0.1) is 5.06 Å². The number of nitrogens with zero attached hydrogens (tertiary/aromatic N) is 3. The Hall–Kier alpha value is -4.12. The molecule has 0 bridgehead atoms. The molecule has 11 nitrogen and oxygen atoms in total. The maximum Gasteiger partial charge on any atom is 0.349 e. The van der Waals surface area contributed by atoms with Crippen molar-refractivity contribution in [2.75, 3.05) is 11.9 Å². The number of anilines is 1. The van der Waals surface area contributed by atoms with Crippen LogP contribution in [0.4, 0.5) is 10.6 Å². The van der Waals surface area contributed by atoms with Crippen LogP contribution in [-0.4, -0.2) is 62.4 Å². The number of fused-ring (bicyclic) bond motifs is 1. The van der Waals surface area contributed by atoms with Gasteiger partial charge in [0.05, 0.1) is 17.0 Å². The molecule has 0 saturated heterocycles. The van der Waals surface area contributed by atoms with Gasteiger partial charge in [0.15, 0.2) is 0 Å². The fourth-order valence-corrected chi connectivity index (χ4v) is 4.22. The zero-order chi connectivity index (χ0) is 28.9. The number of imide groups is 2. The van der Waals surface area contributed by atoms with Gasteiger partial charge in [0.25, 0.3) is 17.7 Å². The summed E-state index contributed by atoms with van der Waals surface area (Å²) in [7, 11) is 0. The Bertz CT molecular complexity index is 1210. The average molecular weight is 538 g/mol. The fraction of sp³-hybridized carbons (Fsp3) is 0.429. The normalized spacial score (nSPS) is 14.6. The summed E-state index contributed by atoms with van der Waals surface area (Å²) >= 11 is 0. The lowest BCUT2D eigenvalue weighted by Gasteiger charge is -2.31. The standard InChI is InChI=1S/C28H35N5O6/c1-17(2)13-14-18(16-32-25(36)19-10-6-7-11-20(19)26(32)37)24(35)33(39)27(38)31-22(28(3,4)5)23(34)30-21-12-8-9-15-29-21/h6-12,15,17-18,22,39H,13-14,16H2,1-5H3,(H,31,38)(H,29,30,34)/t18-,22+/m0/s1. The van der Waals surface area contributed by atoms with E-state index >= 15 is 0 Å². The van der Waals surface area contributed by atoms with Crippen LogP contribution >= 0.6 is 0 Å². The molecule has 1 aliphatic heterocycles. The number of urea groups is 1. The number of benzene rings is 1. The van der Waals surface area contributed by atoms with Gasteiger partial charge in [-0.2, -0.15) is 0 Å². The van der Waals surface area contributed by atoms with Crippen molar-refractivity contribution in [1.82, 2.24) is 20.3 Å². The molecule has 0 aliphatic carbocycles. The lowest BCUT2D eigenvalue weighted by molar-refractivity contribution is -0.158. The zero-order valence-corrected chi connectivity index (χ0v) is 22.8. The van der Waals surface area contributed by atoms with E-state index in [0.29, 0.717) is 6.42 Å². The fourth-order valence-electron chi connectivity index (χ4n) is 4.22. The molecule has 1 aliphatic rings. The monoisotopic (exact) mass is 537 g/mol. The number of rotatable bonds is 9. The Labute approximate surface area is 227 Å². The number of amides is 6. The van der Waals surface area contributed by atoms with Gasteiger partial charge in [0.2, 0.25) is 5.91 Å². The summed E-state index contributed by atoms with van der Waals surface area (Å²) in [4.78, 5) is 70.0. The Kier molecular flexibility index (Phi) is 9.18. The molecule has 0 saturated carbocycles. The van der Waals surface area contributed by atoms with E-state index in [0.717, 1.165) is 4.90 Å². The van der Waals surface area contributed by atoms with Crippen LogP contribution in [0.5, 0.6) is 0 Å². The van der Waals surface area contributed by atoms with Crippen LogP contribution in [0.3, 0.4) is 0 Å². The molecular weight excluding hydrogens is 502 g/mol. The first-order chi connectivity index (χ1) is 18.3. The number of hydroxylamine groups is 2. The van der Waals surface area contributed by atoms with Crippen LogP contribution in [0, 0.1) is 17.3 Å². The van der Waals surface area contributed by atoms with Crippen LogP contribution in [0.15, 0.2) is 48.7 Å². The molecule has 1 aromatic carbocycles. The number of carbonyl (C=O) groups excluding carboxylic acids is 5. The van der Waals surface area contributed by atoms with E-state index in [9.17, 15) is 29.2 Å². The molecular formula is C28H35N5O6. The summed E-state index contributed by atoms with van der Waals surface area (Å²) in [5.41, 5.74) is -0.318. The maximum absolute atomic E-state index is 13.3. The molecule has 3 rings (SSSR count). The first-order valence-electron chi connectivity index (χ1n) is 12.8. The number of hydrogen-bond donors (Lipinski definition) is 3. The first-order valence-corrected chi connectivity index (χ1v) is 12.8. The predicted octanol–water partition coefficient (Wildman–Crippen LogP) is 3.71. The van der Waals surface area contributed by atoms with Crippen LogP contribution in [0.1, 0.15) is 68.2 Å². The highest BCUT2D eigenvalue weighted by molar-refractivity contribution is 6.21. The number of pyridine rings is 1. The van der Waals surface area contributed by atoms with E-state index < -0.39 is 47.0 Å². The van der Waals surface area contributed by atoms with Crippen molar-refractivity contribution in [2.24, 2.45) is 17.3 Å². The Morgan fingerprint density at radius 2 is 1.56 bits per heavy atom. The van der Waals surface area contributed by atoms with Gasteiger partial charge in [-0.25, -0.2) is 9.78 Å². The molecule has 11 heteroatoms. The van der Waals surface area contributed by atoms with E-state index in [1.54, 1.807) is 51.1 Å². The molecule has 0 radical (unpaired) electrons. The van der Waals surface area contributed by atoms with Crippen molar-refractivity contribution in [1.29, 1.82) is 0 Å². The molecule has 0 fully saturated rings. The van der Waals surface area contributed by atoms with Gasteiger partial charge in [0.1, 0.15) is 11.9 Å². The summed E-state index contributed by atoms with van der Waals surface area (Å²) in [5, 5.41) is 15.6. The van der Waals surface area contributed by atoms with Crippen LogP contribution in [0.25, 0.3) is 0 Å². The second-order valence-electron chi connectivity index (χ2n) is 11.0. The van der Waals surface area contributed by atoms with Crippen molar-refractivity contribution in [3.63, 3.8) is 0 Å². The quantitative estimate of drug-likeness (QED) is 0.251. The molecule has 2 atom stereocenters. The summed E-state index contributed by atoms with van der Waals surface area (Å²) in [6, 6.07) is 8.98. The minimum Gasteiger partial charge on any atom is -0.323 e. The smallest absolute Gasteiger partial charge is 0.323 e. The molecule has 6 amide bonds. The molecule has 1 aromatic heterocycles. The van der Waals surface area contributed by atoms with Crippen molar-refractivity contribution >= 4 is 35.5 Å². The molecule has 0 unspecified atom stereocenters. The van der Waals surface area contributed by atoms with Crippen LogP contribution < -0.4 is 10.6 Å². The third-order valence-electron chi connectivity index (χ3n) is 6.44. The number of aromatic nitrogens is 1. The van der Waals surface area contributed by atoms with Crippen molar-refractivity contribution in [2.45, 2.75) is 53.5 Å². The highest BCUT2D eigenvalue weighted by Crippen LogP contribution is 2.26. The average Bonchev–Trinajstić information content (AvgIpc) is 3.13. The summed E-state index contributed by atoms with van der Waals surface area (Å²) in [6.45, 7) is 8.74. The Morgan fingerprint density at radius 3 is 2.08 bits per heavy atom. The van der Waals surface area contributed by atoms with Gasteiger partial charge >= 0.3 is 6.03 Å². The summed E-state index contributed by atoms with van der Waals surface area (Å²) < 4.78 is 0. The molecule has 208 valence electrons. The van der Waals surface area contributed by atoms with Crippen LogP contribution in [0.2, 0.25) is 0 Å². The molecule has 2 heterocycles. The second-order valence-corrected chi connectivity index (χ2v) is 11.0. The molecule has 39 heavy (non-hydrogen) atoms. The van der Waals surface area contributed by atoms with E-state index in [4.69, 9.17) is 0 Å². The van der Waals surface area contributed by atoms with Crippen molar-refractivity contribution in [3.05, 3.63) is 59.8 Å². The maximum atomic E-state index is 13.3. The summed E-state index contributed by atoms with van der Waals surface area (Å²) in [6.07, 6.45) is 2.27. The van der Waals surface area contributed by atoms with Gasteiger partial charge < -0.3 is 10.6 Å². The summed E-state index contributed by atoms with van der Waals surface area (Å²) in [5.74, 6) is -3.22. The lowest BCUT2D eigenvalue weighted by atomic mass is 9.86. The molecule has 2 aromatic rings. The minimum absolute atomic E-state index is 0.0735. The van der Waals surface area contributed by atoms with Crippen LogP contribution in [-0.2, 0) is 9.59 Å². The largest absolute Gasteiger partial charge is 0.349 e. The van der Waals surface area contributed by atoms with E-state index in [-0.39, 0.29) is 40.9 Å². The van der Waals surface area contributed by atoms with Gasteiger partial charge in [-0.05, 0) is 42.0 Å². The first kappa shape index (κ1) is 29.4. The van der Waals surface area contributed by atoms with E-state index in [1.165, 1.54) is 18.3 Å². The number of nitrogens with one attached hydrogen (secondary N) is 2. The van der Waals surface area contributed by atoms with Crippen molar-refractivity contribution < 1.29 is 29.2 Å². The second kappa shape index (κ2) is 12.2. The Morgan fingerprint density at radius 1 is 0.974 bits per heavy atom. The van der Waals surface area contributed by atoms with E-state index in [1.807, 2.05) is 13.8 Å². The number of carbonyl (C=O) groups is 5. The predicted molar refractivity (Wildman–Crippen MR) is 143 cm³/mol. The van der Waals surface area contributed by atoms with Gasteiger partial charge in [-0.3, -0.25) is 29.3 Å². The molecule has 0 spiro atoms. The van der Waals surface area contributed by atoms with Crippen molar-refractivity contribution in [3.8, 4) is 0 Å². The molecule has 3 N–H and O–H groups in total. The van der Waals surface area contributed by atoms with Gasteiger partial charge in [0, 0.05) is 12.7 Å². The zero-order valence-electron chi connectivity index (χ0n) is 22.8. The lowest BCUT2D eigenvalue weighted by Crippen LogP contribution is -2.56. The van der Waals surface area contributed by atoms with E-state index in [2.05, 4.69) is 15.6 Å².